The summed E-state index contributed by atoms with van der Waals surface area (Å²) in [5, 5.41) is 8.76. The highest BCUT2D eigenvalue weighted by Crippen LogP contribution is 2.36. The maximum Gasteiger partial charge on any atom is 0.328 e. The molecule has 0 unspecified atom stereocenters. The molecule has 8 nitrogen and oxygen atoms in total. The number of nitrogens with zero attached hydrogens (tertiary/aromatic N) is 1. The maximum absolute atomic E-state index is 12.7. The topological polar surface area (TPSA) is 115 Å². The number of pyridine rings is 1. The minimum Gasteiger partial charge on any atom is -0.493 e. The lowest BCUT2D eigenvalue weighted by Gasteiger charge is -2.15. The monoisotopic (exact) mass is 378 g/mol. The molecule has 0 atom stereocenters. The first-order valence-electron chi connectivity index (χ1n) is 7.43. The van der Waals surface area contributed by atoms with E-state index >= 15 is 0 Å². The number of aromatic nitrogens is 1. The van der Waals surface area contributed by atoms with E-state index in [2.05, 4.69) is 9.71 Å². The number of nitrogens with one attached hydrogen (secondary N) is 1. The highest BCUT2D eigenvalue weighted by Gasteiger charge is 2.23. The molecule has 0 aliphatic heterocycles. The molecule has 0 fully saturated rings. The van der Waals surface area contributed by atoms with Gasteiger partial charge in [0, 0.05) is 25.0 Å². The third-order valence-electron chi connectivity index (χ3n) is 3.39. The third kappa shape index (κ3) is 4.80. The molecule has 2 aromatic rings. The van der Waals surface area contributed by atoms with Gasteiger partial charge in [0.15, 0.2) is 11.5 Å². The number of aliphatic carboxylic acids is 1. The van der Waals surface area contributed by atoms with Gasteiger partial charge in [0.1, 0.15) is 4.90 Å². The fourth-order valence-electron chi connectivity index (χ4n) is 2.17. The number of hydrogen-bond donors (Lipinski definition) is 2. The Kier molecular flexibility index (Phi) is 6.31. The van der Waals surface area contributed by atoms with Crippen LogP contribution in [-0.2, 0) is 21.4 Å². The Morgan fingerprint density at radius 1 is 1.23 bits per heavy atom. The molecule has 1 aromatic carbocycles. The molecule has 9 heteroatoms. The van der Waals surface area contributed by atoms with Gasteiger partial charge in [-0.15, -0.1) is 0 Å². The SMILES string of the molecule is COc1cc(C=CC(=O)O)cc(S(=O)(=O)NCc2ccncc2)c1OC. The molecule has 0 aliphatic rings. The van der Waals surface area contributed by atoms with Crippen LogP contribution < -0.4 is 14.2 Å². The zero-order valence-electron chi connectivity index (χ0n) is 14.2. The van der Waals surface area contributed by atoms with Crippen LogP contribution in [0.25, 0.3) is 6.08 Å². The van der Waals surface area contributed by atoms with Crippen LogP contribution in [0.5, 0.6) is 11.5 Å². The molecule has 0 spiro atoms. The van der Waals surface area contributed by atoms with Crippen molar-refractivity contribution in [1.29, 1.82) is 0 Å². The lowest BCUT2D eigenvalue weighted by Crippen LogP contribution is -2.24. The molecule has 0 amide bonds. The lowest BCUT2D eigenvalue weighted by atomic mass is 10.2. The minimum absolute atomic E-state index is 0.0298. The van der Waals surface area contributed by atoms with Crippen LogP contribution in [-0.4, -0.2) is 38.7 Å². The first kappa shape index (κ1) is 19.4. The van der Waals surface area contributed by atoms with E-state index in [4.69, 9.17) is 14.6 Å². The van der Waals surface area contributed by atoms with Crippen LogP contribution in [0.4, 0.5) is 0 Å². The summed E-state index contributed by atoms with van der Waals surface area (Å²) >= 11 is 0. The van der Waals surface area contributed by atoms with E-state index in [1.54, 1.807) is 24.5 Å². The summed E-state index contributed by atoms with van der Waals surface area (Å²) in [5.41, 5.74) is 1.07. The lowest BCUT2D eigenvalue weighted by molar-refractivity contribution is -0.131. The summed E-state index contributed by atoms with van der Waals surface area (Å²) in [5.74, 6) is -0.952. The van der Waals surface area contributed by atoms with Crippen LogP contribution in [0.1, 0.15) is 11.1 Å². The zero-order valence-corrected chi connectivity index (χ0v) is 15.0. The predicted molar refractivity (Wildman–Crippen MR) is 94.5 cm³/mol. The van der Waals surface area contributed by atoms with Crippen LogP contribution in [0.2, 0.25) is 0 Å². The van der Waals surface area contributed by atoms with Gasteiger partial charge in [0.25, 0.3) is 0 Å². The summed E-state index contributed by atoms with van der Waals surface area (Å²) in [6, 6.07) is 6.18. The number of sulfonamides is 1. The second-order valence-electron chi connectivity index (χ2n) is 5.11. The van der Waals surface area contributed by atoms with Gasteiger partial charge >= 0.3 is 5.97 Å². The number of carbonyl (C=O) groups is 1. The third-order valence-corrected chi connectivity index (χ3v) is 4.80. The average Bonchev–Trinajstić information content (AvgIpc) is 2.64. The van der Waals surface area contributed by atoms with E-state index in [0.29, 0.717) is 5.56 Å². The first-order chi connectivity index (χ1) is 12.4. The van der Waals surface area contributed by atoms with E-state index in [0.717, 1.165) is 11.6 Å². The highest BCUT2D eigenvalue weighted by atomic mass is 32.2. The van der Waals surface area contributed by atoms with Crippen molar-refractivity contribution in [2.75, 3.05) is 14.2 Å². The van der Waals surface area contributed by atoms with E-state index in [1.165, 1.54) is 32.4 Å². The Morgan fingerprint density at radius 2 is 1.92 bits per heavy atom. The van der Waals surface area contributed by atoms with Gasteiger partial charge in [-0.2, -0.15) is 0 Å². The minimum atomic E-state index is -3.95. The molecule has 0 bridgehead atoms. The second-order valence-corrected chi connectivity index (χ2v) is 6.84. The Labute approximate surface area is 151 Å². The molecule has 26 heavy (non-hydrogen) atoms. The van der Waals surface area contributed by atoms with Gasteiger partial charge < -0.3 is 14.6 Å². The van der Waals surface area contributed by atoms with Gasteiger partial charge in [-0.1, -0.05) is 0 Å². The molecule has 2 N–H and O–H groups in total. The Bertz CT molecular complexity index is 910. The average molecular weight is 378 g/mol. The quantitative estimate of drug-likeness (QED) is 0.672. The fourth-order valence-corrected chi connectivity index (χ4v) is 3.40. The van der Waals surface area contributed by atoms with E-state index < -0.39 is 16.0 Å². The largest absolute Gasteiger partial charge is 0.493 e. The smallest absolute Gasteiger partial charge is 0.328 e. The van der Waals surface area contributed by atoms with Crippen molar-refractivity contribution in [2.45, 2.75) is 11.4 Å². The van der Waals surface area contributed by atoms with Crippen molar-refractivity contribution >= 4 is 22.1 Å². The van der Waals surface area contributed by atoms with Gasteiger partial charge in [0.05, 0.1) is 14.2 Å². The van der Waals surface area contributed by atoms with E-state index in [1.807, 2.05) is 0 Å². The van der Waals surface area contributed by atoms with Crippen LogP contribution in [0, 0.1) is 0 Å². The molecule has 1 heterocycles. The maximum atomic E-state index is 12.7. The van der Waals surface area contributed by atoms with E-state index in [9.17, 15) is 13.2 Å². The number of carboxylic acid groups (broad SMARTS) is 1. The van der Waals surface area contributed by atoms with Crippen molar-refractivity contribution in [3.05, 3.63) is 53.9 Å². The fraction of sp³-hybridized carbons (Fsp3) is 0.176. The van der Waals surface area contributed by atoms with Crippen molar-refractivity contribution in [1.82, 2.24) is 9.71 Å². The van der Waals surface area contributed by atoms with Crippen molar-refractivity contribution in [3.63, 3.8) is 0 Å². The summed E-state index contributed by atoms with van der Waals surface area (Å²) in [4.78, 5) is 14.4. The molecule has 1 aromatic heterocycles. The van der Waals surface area contributed by atoms with E-state index in [-0.39, 0.29) is 22.9 Å². The number of rotatable bonds is 8. The molecular weight excluding hydrogens is 360 g/mol. The second kappa shape index (κ2) is 8.45. The molecule has 0 radical (unpaired) electrons. The van der Waals surface area contributed by atoms with Crippen LogP contribution in [0.3, 0.4) is 0 Å². The molecular formula is C17H18N2O6S. The summed E-state index contributed by atoms with van der Waals surface area (Å²) in [7, 11) is -1.26. The normalized spacial score (nSPS) is 11.5. The van der Waals surface area contributed by atoms with Gasteiger partial charge in [0.2, 0.25) is 10.0 Å². The number of benzene rings is 1. The van der Waals surface area contributed by atoms with Crippen LogP contribution >= 0.6 is 0 Å². The Balaban J connectivity index is 2.43. The van der Waals surface area contributed by atoms with Crippen molar-refractivity contribution in [3.8, 4) is 11.5 Å². The van der Waals surface area contributed by atoms with Gasteiger partial charge in [-0.05, 0) is 41.5 Å². The summed E-state index contributed by atoms with van der Waals surface area (Å²) in [6.07, 6.45) is 5.29. The van der Waals surface area contributed by atoms with Gasteiger partial charge in [-0.3, -0.25) is 4.98 Å². The first-order valence-corrected chi connectivity index (χ1v) is 8.91. The predicted octanol–water partition coefficient (Wildman–Crippen LogP) is 1.68. The number of ether oxygens (including phenoxy) is 2. The Hall–Kier alpha value is -2.91. The van der Waals surface area contributed by atoms with Crippen LogP contribution in [0.15, 0.2) is 47.6 Å². The number of hydrogen-bond acceptors (Lipinski definition) is 6. The standard InChI is InChI=1S/C17H18N2O6S/c1-24-14-9-13(3-4-16(20)21)10-15(17(14)25-2)26(22,23)19-11-12-5-7-18-8-6-12/h3-10,19H,11H2,1-2H3,(H,20,21). The molecule has 0 saturated heterocycles. The highest BCUT2D eigenvalue weighted by molar-refractivity contribution is 7.89. The van der Waals surface area contributed by atoms with Crippen molar-refractivity contribution in [2.24, 2.45) is 0 Å². The molecule has 0 saturated carbocycles. The number of methoxy groups -OCH3 is 2. The molecule has 2 rings (SSSR count). The summed E-state index contributed by atoms with van der Waals surface area (Å²) in [6.45, 7) is 0.0610. The summed E-state index contributed by atoms with van der Waals surface area (Å²) < 4.78 is 38.3. The van der Waals surface area contributed by atoms with Crippen molar-refractivity contribution < 1.29 is 27.8 Å². The van der Waals surface area contributed by atoms with Gasteiger partial charge in [-0.25, -0.2) is 17.9 Å². The molecule has 0 aliphatic carbocycles. The number of carboxylic acids is 1. The Morgan fingerprint density at radius 3 is 2.50 bits per heavy atom. The molecule has 138 valence electrons. The zero-order chi connectivity index (χ0) is 19.2.